The first-order valence-electron chi connectivity index (χ1n) is 10.4. The van der Waals surface area contributed by atoms with E-state index in [4.69, 9.17) is 24.5 Å². The second-order valence-electron chi connectivity index (χ2n) is 7.57. The Morgan fingerprint density at radius 1 is 1.21 bits per heavy atom. The van der Waals surface area contributed by atoms with Crippen molar-refractivity contribution in [2.24, 2.45) is 0 Å². The van der Waals surface area contributed by atoms with Crippen LogP contribution in [-0.4, -0.2) is 53.8 Å². The summed E-state index contributed by atoms with van der Waals surface area (Å²) < 4.78 is 36.9. The van der Waals surface area contributed by atoms with E-state index in [1.54, 1.807) is 44.2 Å². The van der Waals surface area contributed by atoms with E-state index in [1.807, 2.05) is 0 Å². The summed E-state index contributed by atoms with van der Waals surface area (Å²) in [5.41, 5.74) is 4.98. The topological polar surface area (TPSA) is 144 Å². The normalized spacial score (nSPS) is 14.9. The number of nitrogens with two attached hydrogens (primary N) is 1. The summed E-state index contributed by atoms with van der Waals surface area (Å²) >= 11 is 0. The molecular weight excluding hydrogens is 451 g/mol. The molecule has 1 aromatic carbocycles. The number of hydrogen-bond donors (Lipinski definition) is 2. The molecule has 2 aromatic rings. The molecule has 0 saturated heterocycles. The Labute approximate surface area is 192 Å². The summed E-state index contributed by atoms with van der Waals surface area (Å²) in [5.74, 6) is -0.133. The first kappa shape index (κ1) is 26.5. The summed E-state index contributed by atoms with van der Waals surface area (Å²) in [6.07, 6.45) is 0.0987. The Morgan fingerprint density at radius 2 is 1.91 bits per heavy atom. The fraction of sp³-hybridized carbons (Fsp3) is 0.476. The van der Waals surface area contributed by atoms with Crippen molar-refractivity contribution in [2.45, 2.75) is 45.6 Å². The second kappa shape index (κ2) is 12.5. The van der Waals surface area contributed by atoms with Gasteiger partial charge in [-0.25, -0.2) is 9.88 Å². The molecule has 33 heavy (non-hydrogen) atoms. The number of esters is 1. The summed E-state index contributed by atoms with van der Waals surface area (Å²) in [5, 5.41) is 2.72. The van der Waals surface area contributed by atoms with Crippen molar-refractivity contribution >= 4 is 19.3 Å². The largest absolute Gasteiger partial charge is 0.462 e. The van der Waals surface area contributed by atoms with Gasteiger partial charge >= 0.3 is 19.2 Å². The average Bonchev–Trinajstić information content (AvgIpc) is 2.74. The van der Waals surface area contributed by atoms with Gasteiger partial charge in [-0.1, -0.05) is 18.2 Å². The molecule has 1 heterocycles. The molecule has 11 nitrogen and oxygen atoms in total. The van der Waals surface area contributed by atoms with E-state index in [0.717, 1.165) is 0 Å². The first-order valence-corrected chi connectivity index (χ1v) is 12.2. The summed E-state index contributed by atoms with van der Waals surface area (Å²) in [7, 11) is -2.27. The molecule has 0 aliphatic carbocycles. The summed E-state index contributed by atoms with van der Waals surface area (Å²) in [6.45, 7) is 5.15. The quantitative estimate of drug-likeness (QED) is 0.321. The predicted octanol–water partition coefficient (Wildman–Crippen LogP) is 2.02. The lowest BCUT2D eigenvalue weighted by Gasteiger charge is -2.26. The number of ether oxygens (including phenoxy) is 3. The number of nitrogen functional groups attached to an aromatic ring is 1. The zero-order valence-corrected chi connectivity index (χ0v) is 20.1. The molecule has 0 amide bonds. The van der Waals surface area contributed by atoms with Crippen LogP contribution < -0.4 is 21.0 Å². The number of nitrogens with zero attached hydrogens (tertiary/aromatic N) is 2. The number of rotatable bonds is 13. The lowest BCUT2D eigenvalue weighted by atomic mass is 10.3. The first-order chi connectivity index (χ1) is 15.6. The van der Waals surface area contributed by atoms with Crippen molar-refractivity contribution in [1.29, 1.82) is 0 Å². The van der Waals surface area contributed by atoms with Crippen LogP contribution in [0.5, 0.6) is 5.75 Å². The van der Waals surface area contributed by atoms with Crippen LogP contribution in [0.2, 0.25) is 0 Å². The average molecular weight is 482 g/mol. The zero-order chi connectivity index (χ0) is 24.4. The molecule has 0 aliphatic heterocycles. The van der Waals surface area contributed by atoms with Crippen LogP contribution in [0.3, 0.4) is 0 Å². The minimum Gasteiger partial charge on any atom is -0.462 e. The van der Waals surface area contributed by atoms with Gasteiger partial charge in [-0.05, 0) is 39.0 Å². The molecular formula is C21H31N4O7P. The van der Waals surface area contributed by atoms with Gasteiger partial charge in [-0.2, -0.15) is 4.98 Å². The molecule has 1 aromatic heterocycles. The highest BCUT2D eigenvalue weighted by molar-refractivity contribution is 7.57. The Morgan fingerprint density at radius 3 is 2.52 bits per heavy atom. The maximum absolute atomic E-state index is 13.7. The maximum atomic E-state index is 13.7. The molecule has 0 radical (unpaired) electrons. The van der Waals surface area contributed by atoms with E-state index in [2.05, 4.69) is 10.1 Å². The molecule has 0 spiro atoms. The van der Waals surface area contributed by atoms with Gasteiger partial charge in [0.25, 0.3) is 0 Å². The zero-order valence-electron chi connectivity index (χ0n) is 19.2. The maximum Gasteiger partial charge on any atom is 0.349 e. The number of benzene rings is 1. The van der Waals surface area contributed by atoms with Crippen LogP contribution >= 0.6 is 7.52 Å². The number of carbonyl (C=O) groups excluding carboxylic acids is 1. The fourth-order valence-electron chi connectivity index (χ4n) is 2.77. The smallest absolute Gasteiger partial charge is 0.349 e. The van der Waals surface area contributed by atoms with Crippen LogP contribution in [0.15, 0.2) is 47.4 Å². The number of methoxy groups -OCH3 is 1. The molecule has 12 heteroatoms. The third kappa shape index (κ3) is 8.97. The van der Waals surface area contributed by atoms with Crippen LogP contribution in [0.1, 0.15) is 20.8 Å². The number of carbonyl (C=O) groups is 1. The van der Waals surface area contributed by atoms with Gasteiger partial charge in [0.1, 0.15) is 24.0 Å². The second-order valence-corrected chi connectivity index (χ2v) is 9.62. The van der Waals surface area contributed by atoms with Crippen molar-refractivity contribution in [2.75, 3.05) is 25.8 Å². The molecule has 0 fully saturated rings. The molecule has 3 N–H and O–H groups in total. The lowest BCUT2D eigenvalue weighted by Crippen LogP contribution is -2.38. The third-order valence-electron chi connectivity index (χ3n) is 4.22. The molecule has 0 bridgehead atoms. The highest BCUT2D eigenvalue weighted by Gasteiger charge is 2.32. The lowest BCUT2D eigenvalue weighted by molar-refractivity contribution is -0.149. The standard InChI is InChI=1S/C21H31N4O7P/c1-15(2)31-20(26)16(3)24-33(28,32-17-8-6-5-7-9-17)14-30-18(13-29-4)12-25-11-10-19(22)23-21(25)27/h5-11,15-16,18H,12-14H2,1-4H3,(H,24,28)(H2,22,23,27)/t16-,18+,33?/m0/s1. The van der Waals surface area contributed by atoms with E-state index in [1.165, 1.54) is 30.9 Å². The minimum atomic E-state index is -3.75. The monoisotopic (exact) mass is 482 g/mol. The van der Waals surface area contributed by atoms with E-state index in [0.29, 0.717) is 5.75 Å². The van der Waals surface area contributed by atoms with Gasteiger partial charge in [0.15, 0.2) is 0 Å². The summed E-state index contributed by atoms with van der Waals surface area (Å²) in [6, 6.07) is 9.08. The van der Waals surface area contributed by atoms with E-state index >= 15 is 0 Å². The van der Waals surface area contributed by atoms with Crippen LogP contribution in [0, 0.1) is 0 Å². The fourth-order valence-corrected chi connectivity index (χ4v) is 4.51. The van der Waals surface area contributed by atoms with E-state index in [9.17, 15) is 14.2 Å². The van der Waals surface area contributed by atoms with Gasteiger partial charge < -0.3 is 24.5 Å². The van der Waals surface area contributed by atoms with Gasteiger partial charge in [-0.3, -0.25) is 13.9 Å². The Balaban J connectivity index is 2.17. The van der Waals surface area contributed by atoms with Crippen LogP contribution in [-0.2, 0) is 30.1 Å². The number of para-hydroxylation sites is 1. The van der Waals surface area contributed by atoms with Crippen LogP contribution in [0.4, 0.5) is 5.82 Å². The van der Waals surface area contributed by atoms with Crippen molar-refractivity contribution in [3.8, 4) is 5.75 Å². The van der Waals surface area contributed by atoms with Crippen molar-refractivity contribution in [3.63, 3.8) is 0 Å². The minimum absolute atomic E-state index is 0.0796. The molecule has 182 valence electrons. The molecule has 1 unspecified atom stereocenters. The van der Waals surface area contributed by atoms with Crippen molar-refractivity contribution in [3.05, 3.63) is 53.1 Å². The Hall–Kier alpha value is -2.72. The Bertz CT molecular complexity index is 1000. The highest BCUT2D eigenvalue weighted by Crippen LogP contribution is 2.44. The molecule has 0 aliphatic rings. The van der Waals surface area contributed by atoms with Crippen molar-refractivity contribution in [1.82, 2.24) is 14.6 Å². The Kier molecular flexibility index (Phi) is 10.1. The van der Waals surface area contributed by atoms with Crippen molar-refractivity contribution < 1.29 is 28.1 Å². The summed E-state index contributed by atoms with van der Waals surface area (Å²) in [4.78, 5) is 28.0. The van der Waals surface area contributed by atoms with Gasteiger partial charge in [0.05, 0.1) is 25.4 Å². The predicted molar refractivity (Wildman–Crippen MR) is 123 cm³/mol. The number of nitrogens with one attached hydrogen (secondary N) is 1. The van der Waals surface area contributed by atoms with Gasteiger partial charge in [0.2, 0.25) is 0 Å². The van der Waals surface area contributed by atoms with E-state index < -0.39 is 37.7 Å². The molecule has 3 atom stereocenters. The highest BCUT2D eigenvalue weighted by atomic mass is 31.2. The molecule has 2 rings (SSSR count). The third-order valence-corrected chi connectivity index (χ3v) is 6.00. The molecule has 0 saturated carbocycles. The SMILES string of the molecule is COC[C@@H](Cn1ccc(N)nc1=O)OCP(=O)(N[C@@H](C)C(=O)OC(C)C)Oc1ccccc1. The van der Waals surface area contributed by atoms with Gasteiger partial charge in [-0.15, -0.1) is 0 Å². The number of anilines is 1. The number of hydrogen-bond acceptors (Lipinski definition) is 9. The van der Waals surface area contributed by atoms with Crippen LogP contribution in [0.25, 0.3) is 0 Å². The number of aromatic nitrogens is 2. The van der Waals surface area contributed by atoms with Gasteiger partial charge in [0, 0.05) is 13.3 Å². The van der Waals surface area contributed by atoms with E-state index in [-0.39, 0.29) is 25.1 Å².